The number of aromatic amines is 1. The molecule has 0 unspecified atom stereocenters. The zero-order valence-corrected chi connectivity index (χ0v) is 16.5. The molecule has 0 saturated carbocycles. The molecule has 3 aromatic rings. The van der Waals surface area contributed by atoms with Gasteiger partial charge in [0.1, 0.15) is 0 Å². The average Bonchev–Trinajstić information content (AvgIpc) is 3.17. The van der Waals surface area contributed by atoms with Crippen LogP contribution in [0.15, 0.2) is 35.3 Å². The molecule has 2 heterocycles. The first-order valence-electron chi connectivity index (χ1n) is 9.17. The number of nitrogens with one attached hydrogen (secondary N) is 3. The van der Waals surface area contributed by atoms with Gasteiger partial charge in [-0.2, -0.15) is 0 Å². The number of rotatable bonds is 7. The van der Waals surface area contributed by atoms with Gasteiger partial charge < -0.3 is 15.6 Å². The molecule has 0 aliphatic rings. The van der Waals surface area contributed by atoms with Crippen LogP contribution in [0.3, 0.4) is 0 Å². The molecule has 3 rings (SSSR count). The smallest absolute Gasteiger partial charge is 0.191 e. The number of H-pyrrole nitrogens is 1. The van der Waals surface area contributed by atoms with E-state index in [9.17, 15) is 0 Å². The maximum Gasteiger partial charge on any atom is 0.191 e. The Bertz CT molecular complexity index is 825. The normalized spacial score (nSPS) is 11.9. The highest BCUT2D eigenvalue weighted by molar-refractivity contribution is 7.11. The Labute approximate surface area is 159 Å². The van der Waals surface area contributed by atoms with Gasteiger partial charge in [0.05, 0.1) is 10.7 Å². The Hall–Kier alpha value is -2.34. The van der Waals surface area contributed by atoms with Crippen LogP contribution in [-0.4, -0.2) is 35.6 Å². The number of guanidine groups is 1. The first-order chi connectivity index (χ1) is 12.7. The molecule has 2 aromatic heterocycles. The summed E-state index contributed by atoms with van der Waals surface area (Å²) in [6.07, 6.45) is 1.82. The molecule has 0 bridgehead atoms. The summed E-state index contributed by atoms with van der Waals surface area (Å²) in [7, 11) is 0. The van der Waals surface area contributed by atoms with E-state index in [4.69, 9.17) is 0 Å². The third-order valence-corrected chi connectivity index (χ3v) is 5.42. The van der Waals surface area contributed by atoms with Crippen molar-refractivity contribution in [1.29, 1.82) is 0 Å². The van der Waals surface area contributed by atoms with Crippen LogP contribution in [0.1, 0.15) is 28.2 Å². The minimum absolute atomic E-state index is 0.744. The maximum absolute atomic E-state index is 4.67. The summed E-state index contributed by atoms with van der Waals surface area (Å²) in [6, 6.07) is 10.6. The third kappa shape index (κ3) is 4.85. The Morgan fingerprint density at radius 2 is 2.04 bits per heavy atom. The molecule has 138 valence electrons. The minimum Gasteiger partial charge on any atom is -0.358 e. The number of benzene rings is 1. The number of aliphatic imine (C=N–C) groups is 1. The summed E-state index contributed by atoms with van der Waals surface area (Å²) in [5.74, 6) is 0.869. The quantitative estimate of drug-likeness (QED) is 0.440. The molecule has 0 aliphatic carbocycles. The standard InChI is InChI=1S/C20H27N5S/c1-4-21-20(23-12-10-19-24-14(2)15(3)26-19)22-11-9-17-13-16-7-5-6-8-18(16)25-17/h5-8,13,25H,4,9-12H2,1-3H3,(H2,21,22,23). The summed E-state index contributed by atoms with van der Waals surface area (Å²) in [5.41, 5.74) is 3.57. The van der Waals surface area contributed by atoms with Gasteiger partial charge in [0.25, 0.3) is 0 Å². The number of para-hydroxylation sites is 1. The predicted octanol–water partition coefficient (Wildman–Crippen LogP) is 3.58. The lowest BCUT2D eigenvalue weighted by atomic mass is 10.2. The molecule has 0 amide bonds. The topological polar surface area (TPSA) is 65.1 Å². The highest BCUT2D eigenvalue weighted by Gasteiger charge is 2.04. The number of thiazole rings is 1. The van der Waals surface area contributed by atoms with Crippen molar-refractivity contribution in [3.63, 3.8) is 0 Å². The van der Waals surface area contributed by atoms with Crippen molar-refractivity contribution in [1.82, 2.24) is 20.6 Å². The van der Waals surface area contributed by atoms with E-state index in [1.807, 2.05) is 0 Å². The molecule has 26 heavy (non-hydrogen) atoms. The van der Waals surface area contributed by atoms with Gasteiger partial charge in [0.15, 0.2) is 5.96 Å². The van der Waals surface area contributed by atoms with Crippen molar-refractivity contribution in [3.8, 4) is 0 Å². The lowest BCUT2D eigenvalue weighted by Gasteiger charge is -2.10. The van der Waals surface area contributed by atoms with E-state index in [1.54, 1.807) is 11.3 Å². The summed E-state index contributed by atoms with van der Waals surface area (Å²) in [6.45, 7) is 8.71. The summed E-state index contributed by atoms with van der Waals surface area (Å²) in [4.78, 5) is 14.0. The number of fused-ring (bicyclic) bond motifs is 1. The zero-order chi connectivity index (χ0) is 18.4. The van der Waals surface area contributed by atoms with Crippen molar-refractivity contribution in [2.24, 2.45) is 4.99 Å². The van der Waals surface area contributed by atoms with E-state index in [2.05, 4.69) is 76.7 Å². The van der Waals surface area contributed by atoms with Crippen LogP contribution in [0.25, 0.3) is 10.9 Å². The molecule has 5 nitrogen and oxygen atoms in total. The van der Waals surface area contributed by atoms with Gasteiger partial charge in [0.2, 0.25) is 0 Å². The van der Waals surface area contributed by atoms with Gasteiger partial charge in [-0.05, 0) is 38.3 Å². The number of hydrogen-bond acceptors (Lipinski definition) is 3. The monoisotopic (exact) mass is 369 g/mol. The van der Waals surface area contributed by atoms with Gasteiger partial charge >= 0.3 is 0 Å². The van der Waals surface area contributed by atoms with Crippen LogP contribution in [0.5, 0.6) is 0 Å². The fourth-order valence-corrected chi connectivity index (χ4v) is 3.76. The fourth-order valence-electron chi connectivity index (χ4n) is 2.83. The average molecular weight is 370 g/mol. The second kappa shape index (κ2) is 8.85. The molecule has 0 saturated heterocycles. The van der Waals surface area contributed by atoms with Crippen LogP contribution >= 0.6 is 11.3 Å². The molecule has 0 spiro atoms. The lowest BCUT2D eigenvalue weighted by molar-refractivity contribution is 0.789. The van der Waals surface area contributed by atoms with Gasteiger partial charge in [-0.3, -0.25) is 4.99 Å². The van der Waals surface area contributed by atoms with Crippen molar-refractivity contribution in [3.05, 3.63) is 51.6 Å². The van der Waals surface area contributed by atoms with Crippen LogP contribution in [0.2, 0.25) is 0 Å². The van der Waals surface area contributed by atoms with Crippen LogP contribution in [0.4, 0.5) is 0 Å². The molecule has 3 N–H and O–H groups in total. The van der Waals surface area contributed by atoms with Crippen molar-refractivity contribution in [2.45, 2.75) is 33.6 Å². The highest BCUT2D eigenvalue weighted by Crippen LogP contribution is 2.17. The summed E-state index contributed by atoms with van der Waals surface area (Å²) < 4.78 is 0. The number of aryl methyl sites for hydroxylation is 2. The van der Waals surface area contributed by atoms with Crippen LogP contribution in [0, 0.1) is 13.8 Å². The molecule has 0 atom stereocenters. The fraction of sp³-hybridized carbons (Fsp3) is 0.400. The molecule has 0 radical (unpaired) electrons. The molecule has 6 heteroatoms. The Morgan fingerprint density at radius 1 is 1.19 bits per heavy atom. The Morgan fingerprint density at radius 3 is 2.77 bits per heavy atom. The SMILES string of the molecule is CCNC(=NCCc1nc(C)c(C)s1)NCCc1cc2ccccc2[nH]1. The van der Waals surface area contributed by atoms with E-state index >= 15 is 0 Å². The van der Waals surface area contributed by atoms with Gasteiger partial charge in [-0.15, -0.1) is 11.3 Å². The first-order valence-corrected chi connectivity index (χ1v) is 9.99. The summed E-state index contributed by atoms with van der Waals surface area (Å²) in [5, 5.41) is 9.15. The number of nitrogens with zero attached hydrogens (tertiary/aromatic N) is 2. The molecule has 0 aliphatic heterocycles. The predicted molar refractivity (Wildman–Crippen MR) is 111 cm³/mol. The molecule has 1 aromatic carbocycles. The second-order valence-electron chi connectivity index (χ2n) is 6.32. The lowest BCUT2D eigenvalue weighted by Crippen LogP contribution is -2.38. The van der Waals surface area contributed by atoms with Gasteiger partial charge in [-0.1, -0.05) is 18.2 Å². The van der Waals surface area contributed by atoms with E-state index in [-0.39, 0.29) is 0 Å². The van der Waals surface area contributed by atoms with E-state index in [0.717, 1.165) is 49.1 Å². The van der Waals surface area contributed by atoms with Crippen molar-refractivity contribution in [2.75, 3.05) is 19.6 Å². The maximum atomic E-state index is 4.67. The third-order valence-electron chi connectivity index (χ3n) is 4.29. The number of hydrogen-bond donors (Lipinski definition) is 3. The van der Waals surface area contributed by atoms with Crippen LogP contribution in [-0.2, 0) is 12.8 Å². The summed E-state index contributed by atoms with van der Waals surface area (Å²) >= 11 is 1.77. The first kappa shape index (κ1) is 18.5. The van der Waals surface area contributed by atoms with E-state index < -0.39 is 0 Å². The van der Waals surface area contributed by atoms with E-state index in [0.29, 0.717) is 0 Å². The van der Waals surface area contributed by atoms with E-state index in [1.165, 1.54) is 21.5 Å². The van der Waals surface area contributed by atoms with Crippen molar-refractivity contribution >= 4 is 28.2 Å². The Kier molecular flexibility index (Phi) is 6.28. The largest absolute Gasteiger partial charge is 0.358 e. The van der Waals surface area contributed by atoms with Crippen LogP contribution < -0.4 is 10.6 Å². The zero-order valence-electron chi connectivity index (χ0n) is 15.7. The minimum atomic E-state index is 0.744. The van der Waals surface area contributed by atoms with Gasteiger partial charge in [0, 0.05) is 48.6 Å². The second-order valence-corrected chi connectivity index (χ2v) is 7.61. The molecular weight excluding hydrogens is 342 g/mol. The molecule has 0 fully saturated rings. The highest BCUT2D eigenvalue weighted by atomic mass is 32.1. The number of aromatic nitrogens is 2. The van der Waals surface area contributed by atoms with Gasteiger partial charge in [-0.25, -0.2) is 4.98 Å². The molecular formula is C20H27N5S. The Balaban J connectivity index is 1.50. The van der Waals surface area contributed by atoms with Crippen molar-refractivity contribution < 1.29 is 0 Å².